The predicted octanol–water partition coefficient (Wildman–Crippen LogP) is 2.50. The second-order valence-corrected chi connectivity index (χ2v) is 6.26. The van der Waals surface area contributed by atoms with Crippen LogP contribution in [0.15, 0.2) is 18.2 Å². The zero-order chi connectivity index (χ0) is 15.4. The largest absolute Gasteiger partial charge is 0.491 e. The number of β-amino-alcohol motifs (C(OH)–C–C–N with tert-alkyl or cyclic N) is 1. The third-order valence-corrected chi connectivity index (χ3v) is 3.96. The Morgan fingerprint density at radius 2 is 2.05 bits per heavy atom. The quantitative estimate of drug-likeness (QED) is 0.907. The maximum absolute atomic E-state index is 10.1. The summed E-state index contributed by atoms with van der Waals surface area (Å²) in [6, 6.07) is 5.51. The van der Waals surface area contributed by atoms with E-state index in [1.54, 1.807) is 0 Å². The zero-order valence-electron chi connectivity index (χ0n) is 12.9. The van der Waals surface area contributed by atoms with Crippen LogP contribution in [0.4, 0.5) is 0 Å². The molecule has 0 unspecified atom stereocenters. The maximum Gasteiger partial charge on any atom is 0.119 e. The number of hydrogen-bond acceptors (Lipinski definition) is 4. The van der Waals surface area contributed by atoms with Crippen molar-refractivity contribution >= 4 is 11.6 Å². The molecule has 4 nitrogen and oxygen atoms in total. The van der Waals surface area contributed by atoms with Gasteiger partial charge < -0.3 is 14.6 Å². The van der Waals surface area contributed by atoms with Gasteiger partial charge in [0.1, 0.15) is 18.5 Å². The molecule has 0 aromatic heterocycles. The molecule has 1 heterocycles. The Hall–Kier alpha value is -0.810. The van der Waals surface area contributed by atoms with Crippen molar-refractivity contribution in [2.24, 2.45) is 0 Å². The van der Waals surface area contributed by atoms with Crippen LogP contribution >= 0.6 is 11.6 Å². The fourth-order valence-electron chi connectivity index (χ4n) is 2.68. The third-order valence-electron chi connectivity index (χ3n) is 3.54. The molecule has 2 rings (SSSR count). The molecule has 0 radical (unpaired) electrons. The Bertz CT molecular complexity index is 459. The van der Waals surface area contributed by atoms with Gasteiger partial charge in [0.05, 0.1) is 12.2 Å². The summed E-state index contributed by atoms with van der Waals surface area (Å²) in [5.74, 6) is 0.736. The van der Waals surface area contributed by atoms with Gasteiger partial charge in [-0.1, -0.05) is 11.6 Å². The highest BCUT2D eigenvalue weighted by molar-refractivity contribution is 6.31. The first kappa shape index (κ1) is 16.6. The van der Waals surface area contributed by atoms with E-state index in [9.17, 15) is 5.11 Å². The van der Waals surface area contributed by atoms with Gasteiger partial charge in [0.2, 0.25) is 0 Å². The minimum Gasteiger partial charge on any atom is -0.491 e. The molecule has 3 atom stereocenters. The normalized spacial score (nSPS) is 24.8. The van der Waals surface area contributed by atoms with Gasteiger partial charge in [0.15, 0.2) is 0 Å². The Morgan fingerprint density at radius 3 is 2.67 bits per heavy atom. The Labute approximate surface area is 131 Å². The number of hydrogen-bond donors (Lipinski definition) is 1. The van der Waals surface area contributed by atoms with E-state index in [0.29, 0.717) is 6.54 Å². The number of aliphatic hydroxyl groups is 1. The molecular formula is C16H24ClNO3. The highest BCUT2D eigenvalue weighted by Gasteiger charge is 2.23. The first-order valence-corrected chi connectivity index (χ1v) is 7.76. The van der Waals surface area contributed by atoms with Gasteiger partial charge in [0, 0.05) is 24.7 Å². The lowest BCUT2D eigenvalue weighted by molar-refractivity contribution is -0.0786. The number of ether oxygens (including phenoxy) is 2. The summed E-state index contributed by atoms with van der Waals surface area (Å²) in [5.41, 5.74) is 0.972. The molecule has 1 aliphatic rings. The molecule has 1 aromatic carbocycles. The number of aryl methyl sites for hydroxylation is 1. The van der Waals surface area contributed by atoms with Crippen molar-refractivity contribution in [1.29, 1.82) is 0 Å². The van der Waals surface area contributed by atoms with Crippen molar-refractivity contribution in [2.45, 2.75) is 39.1 Å². The van der Waals surface area contributed by atoms with Gasteiger partial charge in [-0.15, -0.1) is 0 Å². The highest BCUT2D eigenvalue weighted by Crippen LogP contribution is 2.21. The molecule has 1 saturated heterocycles. The van der Waals surface area contributed by atoms with Gasteiger partial charge in [0.25, 0.3) is 0 Å². The van der Waals surface area contributed by atoms with Gasteiger partial charge in [-0.3, -0.25) is 4.90 Å². The topological polar surface area (TPSA) is 41.9 Å². The van der Waals surface area contributed by atoms with E-state index < -0.39 is 6.10 Å². The van der Waals surface area contributed by atoms with Gasteiger partial charge in [-0.05, 0) is 44.5 Å². The molecule has 5 heteroatoms. The molecular weight excluding hydrogens is 290 g/mol. The lowest BCUT2D eigenvalue weighted by Gasteiger charge is -2.36. The summed E-state index contributed by atoms with van der Waals surface area (Å²) in [6.45, 7) is 8.63. The third kappa shape index (κ3) is 5.15. The van der Waals surface area contributed by atoms with Crippen molar-refractivity contribution < 1.29 is 14.6 Å². The van der Waals surface area contributed by atoms with Gasteiger partial charge >= 0.3 is 0 Å². The van der Waals surface area contributed by atoms with Crippen molar-refractivity contribution in [1.82, 2.24) is 4.90 Å². The molecule has 1 N–H and O–H groups in total. The van der Waals surface area contributed by atoms with Crippen LogP contribution < -0.4 is 4.74 Å². The van der Waals surface area contributed by atoms with Gasteiger partial charge in [-0.25, -0.2) is 0 Å². The number of benzene rings is 1. The van der Waals surface area contributed by atoms with Crippen LogP contribution in [-0.2, 0) is 4.74 Å². The van der Waals surface area contributed by atoms with E-state index in [0.717, 1.165) is 29.4 Å². The Kier molecular flexibility index (Phi) is 5.88. The van der Waals surface area contributed by atoms with E-state index in [4.69, 9.17) is 21.1 Å². The second-order valence-electron chi connectivity index (χ2n) is 5.85. The monoisotopic (exact) mass is 313 g/mol. The average molecular weight is 314 g/mol. The summed E-state index contributed by atoms with van der Waals surface area (Å²) in [4.78, 5) is 2.22. The van der Waals surface area contributed by atoms with Crippen LogP contribution in [0, 0.1) is 6.92 Å². The lowest BCUT2D eigenvalue weighted by atomic mass is 10.2. The molecule has 0 bridgehead atoms. The molecule has 0 aliphatic carbocycles. The van der Waals surface area contributed by atoms with E-state index in [1.165, 1.54) is 0 Å². The fourth-order valence-corrected chi connectivity index (χ4v) is 2.80. The number of rotatable bonds is 5. The summed E-state index contributed by atoms with van der Waals surface area (Å²) in [5, 5.41) is 10.8. The molecule has 0 amide bonds. The summed E-state index contributed by atoms with van der Waals surface area (Å²) in [6.07, 6.45) is -0.0972. The van der Waals surface area contributed by atoms with E-state index >= 15 is 0 Å². The number of morpholine rings is 1. The van der Waals surface area contributed by atoms with E-state index in [2.05, 4.69) is 18.7 Å². The van der Waals surface area contributed by atoms with Crippen LogP contribution in [0.3, 0.4) is 0 Å². The van der Waals surface area contributed by atoms with Crippen molar-refractivity contribution in [2.75, 3.05) is 26.2 Å². The number of nitrogens with zero attached hydrogens (tertiary/aromatic N) is 1. The number of halogens is 1. The van der Waals surface area contributed by atoms with Crippen molar-refractivity contribution in [3.8, 4) is 5.75 Å². The SMILES string of the molecule is Cc1cc(OC[C@@H](O)CN2C[C@@H](C)O[C@@H](C)C2)ccc1Cl. The molecule has 1 aromatic rings. The molecule has 118 valence electrons. The summed E-state index contributed by atoms with van der Waals surface area (Å²) in [7, 11) is 0. The Balaban J connectivity index is 1.79. The standard InChI is InChI=1S/C16H24ClNO3/c1-11-6-15(4-5-16(11)17)20-10-14(19)9-18-7-12(2)21-13(3)8-18/h4-6,12-14,19H,7-10H2,1-3H3/t12-,13+,14-/m0/s1. The van der Waals surface area contributed by atoms with Crippen LogP contribution in [0.1, 0.15) is 19.4 Å². The smallest absolute Gasteiger partial charge is 0.119 e. The first-order valence-electron chi connectivity index (χ1n) is 7.39. The van der Waals surface area contributed by atoms with Crippen LogP contribution in [0.2, 0.25) is 5.02 Å². The van der Waals surface area contributed by atoms with Crippen LogP contribution in [0.5, 0.6) is 5.75 Å². The van der Waals surface area contributed by atoms with Crippen LogP contribution in [0.25, 0.3) is 0 Å². The van der Waals surface area contributed by atoms with Crippen molar-refractivity contribution in [3.63, 3.8) is 0 Å². The lowest BCUT2D eigenvalue weighted by Crippen LogP contribution is -2.48. The maximum atomic E-state index is 10.1. The molecule has 0 saturated carbocycles. The minimum atomic E-state index is -0.515. The molecule has 0 spiro atoms. The minimum absolute atomic E-state index is 0.209. The van der Waals surface area contributed by atoms with E-state index in [-0.39, 0.29) is 18.8 Å². The van der Waals surface area contributed by atoms with Crippen molar-refractivity contribution in [3.05, 3.63) is 28.8 Å². The molecule has 21 heavy (non-hydrogen) atoms. The van der Waals surface area contributed by atoms with E-state index in [1.807, 2.05) is 25.1 Å². The molecule has 1 fully saturated rings. The first-order chi connectivity index (χ1) is 9.94. The van der Waals surface area contributed by atoms with Crippen LogP contribution in [-0.4, -0.2) is 54.6 Å². The number of aliphatic hydroxyl groups excluding tert-OH is 1. The average Bonchev–Trinajstić information content (AvgIpc) is 2.39. The Morgan fingerprint density at radius 1 is 1.38 bits per heavy atom. The highest BCUT2D eigenvalue weighted by atomic mass is 35.5. The van der Waals surface area contributed by atoms with Gasteiger partial charge in [-0.2, -0.15) is 0 Å². The summed E-state index contributed by atoms with van der Waals surface area (Å²) < 4.78 is 11.3. The molecule has 1 aliphatic heterocycles. The second kappa shape index (κ2) is 7.45. The zero-order valence-corrected chi connectivity index (χ0v) is 13.6. The fraction of sp³-hybridized carbons (Fsp3) is 0.625. The summed E-state index contributed by atoms with van der Waals surface area (Å²) >= 11 is 5.98. The predicted molar refractivity (Wildman–Crippen MR) is 84.1 cm³/mol.